The van der Waals surface area contributed by atoms with Gasteiger partial charge in [-0.05, 0) is 56.0 Å². The van der Waals surface area contributed by atoms with E-state index in [9.17, 15) is 9.59 Å². The van der Waals surface area contributed by atoms with Gasteiger partial charge in [0.15, 0.2) is 0 Å². The maximum atomic E-state index is 12.9. The van der Waals surface area contributed by atoms with Crippen LogP contribution in [0.15, 0.2) is 17.5 Å². The monoisotopic (exact) mass is 406 g/mol. The number of hydrogen-bond donors (Lipinski definition) is 1. The molecule has 0 unspecified atom stereocenters. The van der Waals surface area contributed by atoms with Gasteiger partial charge in [-0.25, -0.2) is 9.59 Å². The highest BCUT2D eigenvalue weighted by molar-refractivity contribution is 7.17. The first-order valence-electron chi connectivity index (χ1n) is 9.54. The highest BCUT2D eigenvalue weighted by atomic mass is 32.1. The van der Waals surface area contributed by atoms with Crippen molar-refractivity contribution in [3.63, 3.8) is 0 Å². The molecule has 2 aromatic heterocycles. The number of ether oxygens (including phenoxy) is 1. The third kappa shape index (κ3) is 4.71. The number of aryl methyl sites for hydroxylation is 1. The second-order valence-corrected chi connectivity index (χ2v) is 8.70. The van der Waals surface area contributed by atoms with Crippen LogP contribution in [0.2, 0.25) is 0 Å². The van der Waals surface area contributed by atoms with E-state index in [1.54, 1.807) is 23.2 Å². The zero-order valence-electron chi connectivity index (χ0n) is 15.9. The topological polar surface area (TPSA) is 58.6 Å². The molecule has 1 aliphatic rings. The standard InChI is InChI=1S/C20H26N2O3S2/c1-3-11-22(13-14-8-7-12-26-14)20(24)21-18-17(19(23)25-4-2)15-9-5-6-10-16(15)27-18/h7-8,12H,3-6,9-11,13H2,1-2H3,(H,21,24). The van der Waals surface area contributed by atoms with Gasteiger partial charge in [-0.1, -0.05) is 13.0 Å². The second kappa shape index (κ2) is 9.37. The van der Waals surface area contributed by atoms with E-state index in [1.807, 2.05) is 17.5 Å². The van der Waals surface area contributed by atoms with Crippen molar-refractivity contribution in [1.82, 2.24) is 4.90 Å². The van der Waals surface area contributed by atoms with Gasteiger partial charge >= 0.3 is 12.0 Å². The second-order valence-electron chi connectivity index (χ2n) is 6.57. The van der Waals surface area contributed by atoms with Gasteiger partial charge in [-0.15, -0.1) is 22.7 Å². The average molecular weight is 407 g/mol. The fourth-order valence-electron chi connectivity index (χ4n) is 3.36. The molecule has 3 rings (SSSR count). The summed E-state index contributed by atoms with van der Waals surface area (Å²) < 4.78 is 5.27. The minimum Gasteiger partial charge on any atom is -0.462 e. The Bertz CT molecular complexity index is 784. The first kappa shape index (κ1) is 19.9. The molecule has 2 amide bonds. The van der Waals surface area contributed by atoms with Crippen LogP contribution >= 0.6 is 22.7 Å². The Kier molecular flexibility index (Phi) is 6.90. The molecule has 1 N–H and O–H groups in total. The molecule has 27 heavy (non-hydrogen) atoms. The lowest BCUT2D eigenvalue weighted by Gasteiger charge is -2.22. The lowest BCUT2D eigenvalue weighted by atomic mass is 9.95. The Morgan fingerprint density at radius 1 is 1.26 bits per heavy atom. The smallest absolute Gasteiger partial charge is 0.341 e. The normalized spacial score (nSPS) is 13.1. The Balaban J connectivity index is 1.83. The Labute approximate surface area is 168 Å². The third-order valence-electron chi connectivity index (χ3n) is 4.58. The first-order chi connectivity index (χ1) is 13.1. The van der Waals surface area contributed by atoms with Gasteiger partial charge in [-0.3, -0.25) is 5.32 Å². The Morgan fingerprint density at radius 2 is 2.07 bits per heavy atom. The molecular weight excluding hydrogens is 380 g/mol. The van der Waals surface area contributed by atoms with Gasteiger partial charge in [0.1, 0.15) is 5.00 Å². The van der Waals surface area contributed by atoms with Crippen molar-refractivity contribution in [2.45, 2.75) is 52.5 Å². The molecule has 0 spiro atoms. The molecule has 1 aliphatic carbocycles. The van der Waals surface area contributed by atoms with Crippen molar-refractivity contribution in [2.24, 2.45) is 0 Å². The number of anilines is 1. The summed E-state index contributed by atoms with van der Waals surface area (Å²) >= 11 is 3.18. The Hall–Kier alpha value is -1.86. The predicted molar refractivity (Wildman–Crippen MR) is 111 cm³/mol. The number of carbonyl (C=O) groups is 2. The summed E-state index contributed by atoms with van der Waals surface area (Å²) in [5.41, 5.74) is 1.64. The van der Waals surface area contributed by atoms with E-state index in [1.165, 1.54) is 16.2 Å². The largest absolute Gasteiger partial charge is 0.462 e. The molecule has 0 aromatic carbocycles. The van der Waals surface area contributed by atoms with Crippen LogP contribution in [0.4, 0.5) is 9.80 Å². The highest BCUT2D eigenvalue weighted by Gasteiger charge is 2.28. The van der Waals surface area contributed by atoms with Gasteiger partial charge in [0, 0.05) is 16.3 Å². The van der Waals surface area contributed by atoms with Crippen LogP contribution in [0.1, 0.15) is 58.8 Å². The summed E-state index contributed by atoms with van der Waals surface area (Å²) in [6, 6.07) is 3.87. The molecule has 0 fully saturated rings. The predicted octanol–water partition coefficient (Wildman–Crippen LogP) is 5.31. The van der Waals surface area contributed by atoms with Crippen LogP contribution in [0, 0.1) is 0 Å². The van der Waals surface area contributed by atoms with E-state index in [2.05, 4.69) is 12.2 Å². The van der Waals surface area contributed by atoms with Crippen molar-refractivity contribution < 1.29 is 14.3 Å². The summed E-state index contributed by atoms with van der Waals surface area (Å²) in [6.07, 6.45) is 4.93. The summed E-state index contributed by atoms with van der Waals surface area (Å²) in [4.78, 5) is 29.7. The maximum absolute atomic E-state index is 12.9. The Morgan fingerprint density at radius 3 is 2.78 bits per heavy atom. The quantitative estimate of drug-likeness (QED) is 0.634. The summed E-state index contributed by atoms with van der Waals surface area (Å²) in [5.74, 6) is -0.326. The van der Waals surface area contributed by atoms with Crippen molar-refractivity contribution in [3.05, 3.63) is 38.4 Å². The molecule has 5 nitrogen and oxygen atoms in total. The van der Waals surface area contributed by atoms with Gasteiger partial charge in [0.25, 0.3) is 0 Å². The lowest BCUT2D eigenvalue weighted by Crippen LogP contribution is -2.35. The van der Waals surface area contributed by atoms with Gasteiger partial charge < -0.3 is 9.64 Å². The van der Waals surface area contributed by atoms with E-state index in [4.69, 9.17) is 4.74 Å². The van der Waals surface area contributed by atoms with Crippen LogP contribution in [0.3, 0.4) is 0 Å². The zero-order chi connectivity index (χ0) is 19.2. The van der Waals surface area contributed by atoms with Crippen LogP contribution in [-0.2, 0) is 24.1 Å². The molecular formula is C20H26N2O3S2. The van der Waals surface area contributed by atoms with Crippen LogP contribution in [0.5, 0.6) is 0 Å². The minimum absolute atomic E-state index is 0.158. The fourth-order valence-corrected chi connectivity index (χ4v) is 5.35. The van der Waals surface area contributed by atoms with E-state index in [0.717, 1.165) is 42.5 Å². The number of carbonyl (C=O) groups excluding carboxylic acids is 2. The van der Waals surface area contributed by atoms with Crippen molar-refractivity contribution >= 4 is 39.7 Å². The number of hydrogen-bond acceptors (Lipinski definition) is 5. The molecule has 0 bridgehead atoms. The number of nitrogens with zero attached hydrogens (tertiary/aromatic N) is 1. The zero-order valence-corrected chi connectivity index (χ0v) is 17.5. The van der Waals surface area contributed by atoms with E-state index >= 15 is 0 Å². The molecule has 2 aromatic rings. The first-order valence-corrected chi connectivity index (χ1v) is 11.2. The number of nitrogens with one attached hydrogen (secondary N) is 1. The van der Waals surface area contributed by atoms with Gasteiger partial charge in [0.05, 0.1) is 18.7 Å². The fraction of sp³-hybridized carbons (Fsp3) is 0.500. The van der Waals surface area contributed by atoms with Crippen molar-refractivity contribution in [1.29, 1.82) is 0 Å². The van der Waals surface area contributed by atoms with Crippen LogP contribution in [0.25, 0.3) is 0 Å². The van der Waals surface area contributed by atoms with Crippen molar-refractivity contribution in [2.75, 3.05) is 18.5 Å². The van der Waals surface area contributed by atoms with E-state index < -0.39 is 0 Å². The molecule has 0 saturated heterocycles. The molecule has 0 saturated carbocycles. The molecule has 0 radical (unpaired) electrons. The number of rotatable bonds is 7. The van der Waals surface area contributed by atoms with Gasteiger partial charge in [0.2, 0.25) is 0 Å². The highest BCUT2D eigenvalue weighted by Crippen LogP contribution is 2.38. The number of thiophene rings is 2. The molecule has 0 aliphatic heterocycles. The SMILES string of the molecule is CCCN(Cc1cccs1)C(=O)Nc1sc2c(c1C(=O)OCC)CCCC2. The lowest BCUT2D eigenvalue weighted by molar-refractivity contribution is 0.0526. The maximum Gasteiger partial charge on any atom is 0.341 e. The average Bonchev–Trinajstić information content (AvgIpc) is 3.28. The number of fused-ring (bicyclic) bond motifs is 1. The molecule has 2 heterocycles. The van der Waals surface area contributed by atoms with E-state index in [0.29, 0.717) is 30.3 Å². The molecule has 0 atom stereocenters. The summed E-state index contributed by atoms with van der Waals surface area (Å²) in [6.45, 7) is 5.44. The number of esters is 1. The van der Waals surface area contributed by atoms with Crippen LogP contribution < -0.4 is 5.32 Å². The third-order valence-corrected chi connectivity index (χ3v) is 6.65. The number of urea groups is 1. The molecule has 7 heteroatoms. The minimum atomic E-state index is -0.326. The summed E-state index contributed by atoms with van der Waals surface area (Å²) in [7, 11) is 0. The number of amides is 2. The molecule has 146 valence electrons. The van der Waals surface area contributed by atoms with E-state index in [-0.39, 0.29) is 12.0 Å². The summed E-state index contributed by atoms with van der Waals surface area (Å²) in [5, 5.41) is 5.67. The van der Waals surface area contributed by atoms with Crippen molar-refractivity contribution in [3.8, 4) is 0 Å². The van der Waals surface area contributed by atoms with Gasteiger partial charge in [-0.2, -0.15) is 0 Å². The van der Waals surface area contributed by atoms with Crippen LogP contribution in [-0.4, -0.2) is 30.1 Å².